The lowest BCUT2D eigenvalue weighted by molar-refractivity contribution is 0.141. The van der Waals surface area contributed by atoms with Crippen LogP contribution in [0.25, 0.3) is 0 Å². The van der Waals surface area contributed by atoms with E-state index in [1.807, 2.05) is 0 Å². The van der Waals surface area contributed by atoms with Crippen molar-refractivity contribution in [3.05, 3.63) is 0 Å². The summed E-state index contributed by atoms with van der Waals surface area (Å²) in [6.07, 6.45) is 8.77. The summed E-state index contributed by atoms with van der Waals surface area (Å²) in [4.78, 5) is 5.16. The second kappa shape index (κ2) is 7.08. The zero-order valence-electron chi connectivity index (χ0n) is 13.6. The fourth-order valence-electron chi connectivity index (χ4n) is 4.23. The molecule has 2 fully saturated rings. The first-order valence-corrected chi connectivity index (χ1v) is 8.43. The summed E-state index contributed by atoms with van der Waals surface area (Å²) in [5, 5.41) is 0. The first-order chi connectivity index (χ1) is 9.04. The van der Waals surface area contributed by atoms with Crippen LogP contribution < -0.4 is 0 Å². The fourth-order valence-corrected chi connectivity index (χ4v) is 4.23. The highest BCUT2D eigenvalue weighted by atomic mass is 15.1. The zero-order chi connectivity index (χ0) is 13.8. The Labute approximate surface area is 120 Å². The van der Waals surface area contributed by atoms with Crippen LogP contribution in [-0.4, -0.2) is 49.6 Å². The number of piperidine rings is 1. The molecular formula is C17H34N2. The van der Waals surface area contributed by atoms with Crippen molar-refractivity contribution in [3.63, 3.8) is 0 Å². The lowest BCUT2D eigenvalue weighted by Gasteiger charge is -2.35. The predicted octanol–water partition coefficient (Wildman–Crippen LogP) is 3.47. The molecule has 0 bridgehead atoms. The van der Waals surface area contributed by atoms with E-state index in [1.165, 1.54) is 58.2 Å². The Kier molecular flexibility index (Phi) is 5.70. The van der Waals surface area contributed by atoms with Gasteiger partial charge in [-0.15, -0.1) is 0 Å². The molecule has 0 N–H and O–H groups in total. The van der Waals surface area contributed by atoms with Crippen molar-refractivity contribution < 1.29 is 0 Å². The average molecular weight is 266 g/mol. The first kappa shape index (κ1) is 15.3. The lowest BCUT2D eigenvalue weighted by Crippen LogP contribution is -2.38. The van der Waals surface area contributed by atoms with Gasteiger partial charge in [-0.05, 0) is 76.9 Å². The standard InChI is InChI=1S/C17H34N2/c1-14(2)12-19-9-5-6-16(13-19)10-15-7-8-17(11-15)18(3)4/h14-17H,5-13H2,1-4H3/t15-,16?,17+/m1/s1. The summed E-state index contributed by atoms with van der Waals surface area (Å²) in [6.45, 7) is 8.73. The van der Waals surface area contributed by atoms with Crippen molar-refractivity contribution in [1.29, 1.82) is 0 Å². The van der Waals surface area contributed by atoms with Gasteiger partial charge in [0.2, 0.25) is 0 Å². The molecule has 112 valence electrons. The van der Waals surface area contributed by atoms with Gasteiger partial charge < -0.3 is 9.80 Å². The molecule has 1 saturated heterocycles. The molecule has 3 atom stereocenters. The van der Waals surface area contributed by atoms with Gasteiger partial charge >= 0.3 is 0 Å². The summed E-state index contributed by atoms with van der Waals surface area (Å²) in [5.41, 5.74) is 0. The summed E-state index contributed by atoms with van der Waals surface area (Å²) in [5.74, 6) is 2.82. The Hall–Kier alpha value is -0.0800. The van der Waals surface area contributed by atoms with Gasteiger partial charge in [-0.2, -0.15) is 0 Å². The highest BCUT2D eigenvalue weighted by molar-refractivity contribution is 4.84. The van der Waals surface area contributed by atoms with Crippen LogP contribution in [-0.2, 0) is 0 Å². The average Bonchev–Trinajstić information content (AvgIpc) is 2.77. The molecule has 0 radical (unpaired) electrons. The Morgan fingerprint density at radius 3 is 2.53 bits per heavy atom. The normalized spacial score (nSPS) is 33.5. The summed E-state index contributed by atoms with van der Waals surface area (Å²) < 4.78 is 0. The van der Waals surface area contributed by atoms with Crippen molar-refractivity contribution >= 4 is 0 Å². The van der Waals surface area contributed by atoms with Crippen molar-refractivity contribution in [1.82, 2.24) is 9.80 Å². The number of hydrogen-bond acceptors (Lipinski definition) is 2. The molecule has 0 aromatic carbocycles. The molecule has 0 amide bonds. The van der Waals surface area contributed by atoms with Crippen LogP contribution in [0.1, 0.15) is 52.4 Å². The predicted molar refractivity (Wildman–Crippen MR) is 83.4 cm³/mol. The molecule has 1 aliphatic heterocycles. The monoisotopic (exact) mass is 266 g/mol. The molecule has 0 spiro atoms. The summed E-state index contributed by atoms with van der Waals surface area (Å²) in [7, 11) is 4.50. The topological polar surface area (TPSA) is 6.48 Å². The number of hydrogen-bond donors (Lipinski definition) is 0. The van der Waals surface area contributed by atoms with Crippen LogP contribution >= 0.6 is 0 Å². The molecule has 2 aliphatic rings. The van der Waals surface area contributed by atoms with E-state index in [1.54, 1.807) is 0 Å². The third-order valence-electron chi connectivity index (χ3n) is 5.14. The number of rotatable bonds is 5. The lowest BCUT2D eigenvalue weighted by atomic mass is 9.87. The van der Waals surface area contributed by atoms with E-state index in [4.69, 9.17) is 0 Å². The van der Waals surface area contributed by atoms with E-state index < -0.39 is 0 Å². The molecule has 2 heteroatoms. The van der Waals surface area contributed by atoms with Gasteiger partial charge in [0.1, 0.15) is 0 Å². The first-order valence-electron chi connectivity index (χ1n) is 8.43. The minimum atomic E-state index is 0.823. The van der Waals surface area contributed by atoms with Crippen LogP contribution in [0.5, 0.6) is 0 Å². The summed E-state index contributed by atoms with van der Waals surface area (Å²) >= 11 is 0. The minimum absolute atomic E-state index is 0.823. The van der Waals surface area contributed by atoms with Gasteiger partial charge in [-0.1, -0.05) is 13.8 Å². The molecule has 1 unspecified atom stereocenters. The molecule has 0 aromatic heterocycles. The molecule has 1 aliphatic carbocycles. The Morgan fingerprint density at radius 1 is 1.11 bits per heavy atom. The number of nitrogens with zero attached hydrogens (tertiary/aromatic N) is 2. The number of likely N-dealkylation sites (tertiary alicyclic amines) is 1. The molecule has 19 heavy (non-hydrogen) atoms. The zero-order valence-corrected chi connectivity index (χ0v) is 13.6. The van der Waals surface area contributed by atoms with Crippen molar-refractivity contribution in [2.45, 2.75) is 58.4 Å². The third kappa shape index (κ3) is 4.75. The van der Waals surface area contributed by atoms with Crippen LogP contribution in [0.4, 0.5) is 0 Å². The maximum Gasteiger partial charge on any atom is 0.00919 e. The van der Waals surface area contributed by atoms with E-state index in [9.17, 15) is 0 Å². The van der Waals surface area contributed by atoms with E-state index in [2.05, 4.69) is 37.7 Å². The van der Waals surface area contributed by atoms with E-state index in [0.717, 1.165) is 23.8 Å². The van der Waals surface area contributed by atoms with Crippen LogP contribution in [0.15, 0.2) is 0 Å². The maximum absolute atomic E-state index is 2.72. The molecule has 2 nitrogen and oxygen atoms in total. The molecule has 1 saturated carbocycles. The molecule has 0 aromatic rings. The van der Waals surface area contributed by atoms with Gasteiger partial charge in [0.15, 0.2) is 0 Å². The van der Waals surface area contributed by atoms with Crippen molar-refractivity contribution in [2.24, 2.45) is 17.8 Å². The largest absolute Gasteiger partial charge is 0.306 e. The third-order valence-corrected chi connectivity index (χ3v) is 5.14. The van der Waals surface area contributed by atoms with Gasteiger partial charge in [-0.3, -0.25) is 0 Å². The highest BCUT2D eigenvalue weighted by Crippen LogP contribution is 2.35. The van der Waals surface area contributed by atoms with E-state index >= 15 is 0 Å². The molecule has 2 rings (SSSR count). The van der Waals surface area contributed by atoms with E-state index in [-0.39, 0.29) is 0 Å². The van der Waals surface area contributed by atoms with Crippen LogP contribution in [0, 0.1) is 17.8 Å². The molecular weight excluding hydrogens is 232 g/mol. The van der Waals surface area contributed by atoms with Crippen molar-refractivity contribution in [3.8, 4) is 0 Å². The molecule has 1 heterocycles. The smallest absolute Gasteiger partial charge is 0.00919 e. The Bertz CT molecular complexity index is 262. The summed E-state index contributed by atoms with van der Waals surface area (Å²) in [6, 6.07) is 0.861. The van der Waals surface area contributed by atoms with E-state index in [0.29, 0.717) is 0 Å². The Balaban J connectivity index is 1.74. The quantitative estimate of drug-likeness (QED) is 0.752. The fraction of sp³-hybridized carbons (Fsp3) is 1.00. The Morgan fingerprint density at radius 2 is 1.89 bits per heavy atom. The van der Waals surface area contributed by atoms with Gasteiger partial charge in [0.25, 0.3) is 0 Å². The minimum Gasteiger partial charge on any atom is -0.306 e. The second-order valence-electron chi connectivity index (χ2n) is 7.69. The second-order valence-corrected chi connectivity index (χ2v) is 7.69. The van der Waals surface area contributed by atoms with Gasteiger partial charge in [0, 0.05) is 19.1 Å². The van der Waals surface area contributed by atoms with Gasteiger partial charge in [0.05, 0.1) is 0 Å². The highest BCUT2D eigenvalue weighted by Gasteiger charge is 2.29. The maximum atomic E-state index is 2.72. The van der Waals surface area contributed by atoms with Crippen LogP contribution in [0.3, 0.4) is 0 Å². The SMILES string of the molecule is CC(C)CN1CCCC(C[C@H]2CC[C@H](N(C)C)C2)C1. The van der Waals surface area contributed by atoms with Gasteiger partial charge in [-0.25, -0.2) is 0 Å². The van der Waals surface area contributed by atoms with Crippen molar-refractivity contribution in [2.75, 3.05) is 33.7 Å². The van der Waals surface area contributed by atoms with Crippen LogP contribution in [0.2, 0.25) is 0 Å².